The highest BCUT2D eigenvalue weighted by Gasteiger charge is 2.47. The van der Waals surface area contributed by atoms with Crippen molar-refractivity contribution in [3.63, 3.8) is 0 Å². The van der Waals surface area contributed by atoms with E-state index in [0.717, 1.165) is 30.4 Å². The van der Waals surface area contributed by atoms with Crippen LogP contribution >= 0.6 is 0 Å². The molecule has 1 aliphatic carbocycles. The summed E-state index contributed by atoms with van der Waals surface area (Å²) in [4.78, 5) is 0. The lowest BCUT2D eigenvalue weighted by Gasteiger charge is -2.23. The molecule has 1 unspecified atom stereocenters. The Hall–Kier alpha value is -2.22. The topological polar surface area (TPSA) is 9.23 Å². The number of alkyl halides is 6. The quantitative estimate of drug-likeness (QED) is 0.370. The summed E-state index contributed by atoms with van der Waals surface area (Å²) in [6.45, 7) is 6.11. The number of rotatable bonds is 3. The predicted molar refractivity (Wildman–Crippen MR) is 102 cm³/mol. The van der Waals surface area contributed by atoms with Gasteiger partial charge in [-0.25, -0.2) is 0 Å². The monoisotopic (exact) mass is 429 g/mol. The number of allylic oxidation sites excluding steroid dienone is 1. The van der Waals surface area contributed by atoms with E-state index in [1.807, 2.05) is 13.0 Å². The van der Waals surface area contributed by atoms with Crippen LogP contribution in [0.5, 0.6) is 5.75 Å². The number of methoxy groups -OCH3 is 1. The van der Waals surface area contributed by atoms with Crippen LogP contribution < -0.4 is 4.74 Å². The molecule has 1 atom stereocenters. The lowest BCUT2D eigenvalue weighted by Crippen LogP contribution is -2.19. The van der Waals surface area contributed by atoms with E-state index in [1.165, 1.54) is 6.07 Å². The van der Waals surface area contributed by atoms with Gasteiger partial charge in [0.1, 0.15) is 11.3 Å². The summed E-state index contributed by atoms with van der Waals surface area (Å²) in [5.41, 5.74) is -1.30. The van der Waals surface area contributed by atoms with E-state index in [4.69, 9.17) is 0 Å². The first-order valence-corrected chi connectivity index (χ1v) is 11.4. The molecule has 155 valence electrons. The van der Waals surface area contributed by atoms with Crippen LogP contribution in [0.15, 0.2) is 35.9 Å². The van der Waals surface area contributed by atoms with E-state index in [2.05, 4.69) is 17.8 Å². The normalized spacial score (nSPS) is 16.8. The van der Waals surface area contributed by atoms with Gasteiger partial charge in [-0.15, -0.1) is 0 Å². The minimum atomic E-state index is -5.22. The van der Waals surface area contributed by atoms with Gasteiger partial charge in [-0.05, 0) is 40.8 Å². The lowest BCUT2D eigenvalue weighted by atomic mass is 9.90. The van der Waals surface area contributed by atoms with Crippen LogP contribution in [0.25, 0.3) is 17.2 Å². The zero-order valence-corrected chi connectivity index (χ0v) is 17.2. The van der Waals surface area contributed by atoms with Gasteiger partial charge in [0.2, 0.25) is 0 Å². The molecule has 1 radical (unpaired) electrons. The number of halogens is 6. The zero-order valence-electron chi connectivity index (χ0n) is 16.2. The Morgan fingerprint density at radius 3 is 2.00 bits per heavy atom. The molecule has 0 spiro atoms. The minimum absolute atomic E-state index is 0.115. The highest BCUT2D eigenvalue weighted by molar-refractivity contribution is 6.58. The second-order valence-corrected chi connectivity index (χ2v) is 10.0. The van der Waals surface area contributed by atoms with Crippen molar-refractivity contribution < 1.29 is 31.1 Å². The fourth-order valence-corrected chi connectivity index (χ4v) is 5.98. The summed E-state index contributed by atoms with van der Waals surface area (Å²) < 4.78 is 87.3. The molecule has 1 aliphatic rings. The summed E-state index contributed by atoms with van der Waals surface area (Å²) in [7, 11) is 0.0832. The van der Waals surface area contributed by atoms with Gasteiger partial charge in [-0.1, -0.05) is 49.0 Å². The van der Waals surface area contributed by atoms with Crippen LogP contribution in [0.4, 0.5) is 26.3 Å². The van der Waals surface area contributed by atoms with Crippen LogP contribution in [0.3, 0.4) is 0 Å². The second kappa shape index (κ2) is 7.23. The Morgan fingerprint density at radius 1 is 0.862 bits per heavy atom. The van der Waals surface area contributed by atoms with Crippen molar-refractivity contribution in [2.45, 2.75) is 37.9 Å². The van der Waals surface area contributed by atoms with Crippen molar-refractivity contribution in [1.29, 1.82) is 0 Å². The van der Waals surface area contributed by atoms with Gasteiger partial charge in [-0.2, -0.15) is 26.3 Å². The largest absolute Gasteiger partial charge is 0.496 e. The van der Waals surface area contributed by atoms with Gasteiger partial charge in [-0.3, -0.25) is 0 Å². The maximum absolute atomic E-state index is 13.9. The van der Waals surface area contributed by atoms with Crippen LogP contribution in [-0.2, 0) is 12.4 Å². The standard InChI is InChI=1S/C21H19F6OSi/c1-11-10-15-12(6-5-7-14(15)19(11)29(3)4)13-8-9-16(28-2)18(21(25,26)27)17(13)20(22,23)24/h5-10,19H,1-4H3. The van der Waals surface area contributed by atoms with Crippen LogP contribution in [0, 0.1) is 0 Å². The number of benzene rings is 2. The summed E-state index contributed by atoms with van der Waals surface area (Å²) in [6, 6.07) is 6.91. The molecule has 0 amide bonds. The third-order valence-corrected chi connectivity index (χ3v) is 7.02. The molecule has 0 saturated carbocycles. The molecule has 0 aromatic heterocycles. The van der Waals surface area contributed by atoms with Crippen LogP contribution in [0.2, 0.25) is 13.1 Å². The number of fused-ring (bicyclic) bond motifs is 1. The van der Waals surface area contributed by atoms with E-state index >= 15 is 0 Å². The fourth-order valence-electron chi connectivity index (χ4n) is 4.11. The molecule has 1 nitrogen and oxygen atoms in total. The molecule has 3 rings (SSSR count). The molecule has 0 fully saturated rings. The Kier molecular flexibility index (Phi) is 5.36. The Labute approximate surface area is 166 Å². The van der Waals surface area contributed by atoms with E-state index < -0.39 is 43.6 Å². The predicted octanol–water partition coefficient (Wildman–Crippen LogP) is 7.19. The smallest absolute Gasteiger partial charge is 0.420 e. The highest BCUT2D eigenvalue weighted by Crippen LogP contribution is 2.51. The van der Waals surface area contributed by atoms with Crippen LogP contribution in [-0.4, -0.2) is 15.9 Å². The highest BCUT2D eigenvalue weighted by atomic mass is 28.3. The first-order valence-electron chi connectivity index (χ1n) is 8.84. The van der Waals surface area contributed by atoms with Gasteiger partial charge in [0.25, 0.3) is 0 Å². The van der Waals surface area contributed by atoms with Crippen molar-refractivity contribution in [3.8, 4) is 16.9 Å². The SMILES string of the molecule is COc1ccc(-c2cccc3c2C=C(C)C3[Si](C)C)c(C(F)(F)F)c1C(F)(F)F. The van der Waals surface area contributed by atoms with Gasteiger partial charge >= 0.3 is 12.4 Å². The van der Waals surface area contributed by atoms with Gasteiger partial charge < -0.3 is 4.74 Å². The van der Waals surface area contributed by atoms with E-state index in [0.29, 0.717) is 5.56 Å². The average molecular weight is 429 g/mol. The lowest BCUT2D eigenvalue weighted by molar-refractivity contribution is -0.162. The molecule has 0 aliphatic heterocycles. The third kappa shape index (κ3) is 3.70. The van der Waals surface area contributed by atoms with Crippen molar-refractivity contribution in [2.24, 2.45) is 0 Å². The Balaban J connectivity index is 2.39. The van der Waals surface area contributed by atoms with Gasteiger partial charge in [0.05, 0.1) is 21.5 Å². The van der Waals surface area contributed by atoms with E-state index in [1.54, 1.807) is 12.1 Å². The van der Waals surface area contributed by atoms with Crippen LogP contribution in [0.1, 0.15) is 34.7 Å². The van der Waals surface area contributed by atoms with Gasteiger partial charge in [0, 0.05) is 0 Å². The molecule has 2 aromatic rings. The summed E-state index contributed by atoms with van der Waals surface area (Å²) >= 11 is 0. The molecule has 0 heterocycles. The molecule has 8 heteroatoms. The van der Waals surface area contributed by atoms with E-state index in [-0.39, 0.29) is 11.1 Å². The average Bonchev–Trinajstić information content (AvgIpc) is 2.94. The molecule has 0 N–H and O–H groups in total. The van der Waals surface area contributed by atoms with Gasteiger partial charge in [0.15, 0.2) is 0 Å². The van der Waals surface area contributed by atoms with Crippen molar-refractivity contribution in [1.82, 2.24) is 0 Å². The first kappa shape index (κ1) is 21.5. The second-order valence-electron chi connectivity index (χ2n) is 7.27. The fraction of sp³-hybridized carbons (Fsp3) is 0.333. The number of ether oxygens (including phenoxy) is 1. The van der Waals surface area contributed by atoms with Crippen molar-refractivity contribution in [3.05, 3.63) is 58.2 Å². The maximum atomic E-state index is 13.9. The minimum Gasteiger partial charge on any atom is -0.496 e. The number of hydrogen-bond acceptors (Lipinski definition) is 1. The zero-order chi connectivity index (χ0) is 21.7. The molecular formula is C21H19F6OSi. The summed E-state index contributed by atoms with van der Waals surface area (Å²) in [5, 5.41) is 0. The molecule has 0 saturated heterocycles. The van der Waals surface area contributed by atoms with Crippen molar-refractivity contribution in [2.75, 3.05) is 7.11 Å². The third-order valence-electron chi connectivity index (χ3n) is 5.10. The van der Waals surface area contributed by atoms with Crippen molar-refractivity contribution >= 4 is 14.9 Å². The maximum Gasteiger partial charge on any atom is 0.420 e. The summed E-state index contributed by atoms with van der Waals surface area (Å²) in [5.74, 6) is -0.849. The first-order chi connectivity index (χ1) is 13.4. The Morgan fingerprint density at radius 2 is 1.48 bits per heavy atom. The summed E-state index contributed by atoms with van der Waals surface area (Å²) in [6.07, 6.45) is -8.63. The molecule has 0 bridgehead atoms. The number of hydrogen-bond donors (Lipinski definition) is 0. The molecular weight excluding hydrogens is 410 g/mol. The Bertz CT molecular complexity index is 972. The molecule has 2 aromatic carbocycles. The van der Waals surface area contributed by atoms with E-state index in [9.17, 15) is 26.3 Å². The molecule has 29 heavy (non-hydrogen) atoms.